The Bertz CT molecular complexity index is 570. The third-order valence-corrected chi connectivity index (χ3v) is 3.70. The summed E-state index contributed by atoms with van der Waals surface area (Å²) in [5.74, 6) is -0.181. The Kier molecular flexibility index (Phi) is 3.93. The molecular weight excluding hydrogens is 270 g/mol. The number of aryl methyl sites for hydroxylation is 1. The zero-order chi connectivity index (χ0) is 13.1. The normalized spacial score (nSPS) is 12.2. The molecule has 6 heteroatoms. The van der Waals surface area contributed by atoms with Crippen LogP contribution in [0, 0.1) is 6.92 Å². The Labute approximate surface area is 114 Å². The van der Waals surface area contributed by atoms with Gasteiger partial charge in [-0.25, -0.2) is 9.97 Å². The van der Waals surface area contributed by atoms with Crippen molar-refractivity contribution in [1.82, 2.24) is 15.3 Å². The minimum atomic E-state index is -0.181. The average molecular weight is 282 g/mol. The Balaban J connectivity index is 2.08. The number of amides is 1. The van der Waals surface area contributed by atoms with Crippen molar-refractivity contribution in [3.8, 4) is 0 Å². The molecule has 0 aliphatic carbocycles. The lowest BCUT2D eigenvalue weighted by atomic mass is 10.2. The van der Waals surface area contributed by atoms with Gasteiger partial charge in [0, 0.05) is 22.8 Å². The first-order valence-corrected chi connectivity index (χ1v) is 6.66. The molecule has 1 amide bonds. The maximum Gasteiger partial charge on any atom is 0.251 e. The van der Waals surface area contributed by atoms with Gasteiger partial charge in [-0.2, -0.15) is 0 Å². The highest BCUT2D eigenvalue weighted by Gasteiger charge is 2.14. The summed E-state index contributed by atoms with van der Waals surface area (Å²) in [6.45, 7) is 3.83. The molecule has 1 N–H and O–H groups in total. The molecule has 0 aliphatic heterocycles. The molecule has 0 spiro atoms. The van der Waals surface area contributed by atoms with E-state index in [-0.39, 0.29) is 11.9 Å². The van der Waals surface area contributed by atoms with Crippen LogP contribution in [-0.2, 0) is 0 Å². The monoisotopic (exact) mass is 281 g/mol. The molecule has 0 saturated carbocycles. The number of rotatable bonds is 3. The number of pyridine rings is 1. The van der Waals surface area contributed by atoms with Gasteiger partial charge in [-0.15, -0.1) is 11.3 Å². The minimum absolute atomic E-state index is 0.122. The molecule has 0 bridgehead atoms. The smallest absolute Gasteiger partial charge is 0.251 e. The first-order valence-electron chi connectivity index (χ1n) is 5.40. The van der Waals surface area contributed by atoms with E-state index in [1.54, 1.807) is 6.07 Å². The lowest BCUT2D eigenvalue weighted by Crippen LogP contribution is -2.26. The van der Waals surface area contributed by atoms with Crippen molar-refractivity contribution in [1.29, 1.82) is 0 Å². The molecule has 2 aromatic rings. The quantitative estimate of drug-likeness (QED) is 0.880. The Morgan fingerprint density at radius 1 is 1.56 bits per heavy atom. The minimum Gasteiger partial charge on any atom is -0.343 e. The summed E-state index contributed by atoms with van der Waals surface area (Å²) in [6, 6.07) is 3.04. The van der Waals surface area contributed by atoms with Crippen molar-refractivity contribution >= 4 is 28.8 Å². The van der Waals surface area contributed by atoms with E-state index < -0.39 is 0 Å². The third-order valence-electron chi connectivity index (χ3n) is 2.34. The van der Waals surface area contributed by atoms with Crippen LogP contribution in [0.4, 0.5) is 0 Å². The van der Waals surface area contributed by atoms with Gasteiger partial charge in [0.25, 0.3) is 5.91 Å². The summed E-state index contributed by atoms with van der Waals surface area (Å²) in [6.07, 6.45) is 1.51. The average Bonchev–Trinajstić information content (AvgIpc) is 2.76. The largest absolute Gasteiger partial charge is 0.343 e. The first kappa shape index (κ1) is 13.0. The maximum atomic E-state index is 12.0. The van der Waals surface area contributed by atoms with Crippen LogP contribution in [0.15, 0.2) is 23.7 Å². The van der Waals surface area contributed by atoms with Gasteiger partial charge in [-0.3, -0.25) is 4.79 Å². The molecule has 0 radical (unpaired) electrons. The van der Waals surface area contributed by atoms with Gasteiger partial charge in [0.2, 0.25) is 0 Å². The van der Waals surface area contributed by atoms with Crippen molar-refractivity contribution < 1.29 is 4.79 Å². The van der Waals surface area contributed by atoms with Gasteiger partial charge in [-0.1, -0.05) is 11.6 Å². The highest BCUT2D eigenvalue weighted by Crippen LogP contribution is 2.18. The number of thiazole rings is 1. The molecule has 0 aliphatic rings. The van der Waals surface area contributed by atoms with Crippen LogP contribution in [0.25, 0.3) is 0 Å². The number of hydrogen-bond donors (Lipinski definition) is 1. The van der Waals surface area contributed by atoms with Crippen LogP contribution in [0.1, 0.15) is 34.0 Å². The fourth-order valence-electron chi connectivity index (χ4n) is 1.46. The van der Waals surface area contributed by atoms with Gasteiger partial charge in [0.05, 0.1) is 6.04 Å². The summed E-state index contributed by atoms with van der Waals surface area (Å²) >= 11 is 7.28. The summed E-state index contributed by atoms with van der Waals surface area (Å²) in [4.78, 5) is 20.1. The topological polar surface area (TPSA) is 54.9 Å². The molecular formula is C12H12ClN3OS. The maximum absolute atomic E-state index is 12.0. The number of hydrogen-bond acceptors (Lipinski definition) is 4. The summed E-state index contributed by atoms with van der Waals surface area (Å²) in [5.41, 5.74) is 1.46. The number of aromatic nitrogens is 2. The molecule has 1 unspecified atom stereocenters. The SMILES string of the molecule is Cc1csc(C(C)NC(=O)c2ccnc(Cl)c2)n1. The molecule has 0 aromatic carbocycles. The van der Waals surface area contributed by atoms with E-state index in [4.69, 9.17) is 11.6 Å². The highest BCUT2D eigenvalue weighted by atomic mass is 35.5. The fraction of sp³-hybridized carbons (Fsp3) is 0.250. The van der Waals surface area contributed by atoms with E-state index in [0.717, 1.165) is 10.7 Å². The fourth-order valence-corrected chi connectivity index (χ4v) is 2.43. The molecule has 94 valence electrons. The summed E-state index contributed by atoms with van der Waals surface area (Å²) in [7, 11) is 0. The number of nitrogens with zero attached hydrogens (tertiary/aromatic N) is 2. The van der Waals surface area contributed by atoms with Crippen molar-refractivity contribution in [3.63, 3.8) is 0 Å². The van der Waals surface area contributed by atoms with Crippen LogP contribution in [0.3, 0.4) is 0 Å². The van der Waals surface area contributed by atoms with Crippen LogP contribution >= 0.6 is 22.9 Å². The van der Waals surface area contributed by atoms with Gasteiger partial charge in [0.1, 0.15) is 10.2 Å². The second-order valence-electron chi connectivity index (χ2n) is 3.89. The van der Waals surface area contributed by atoms with Crippen LogP contribution in [-0.4, -0.2) is 15.9 Å². The lowest BCUT2D eigenvalue weighted by Gasteiger charge is -2.11. The predicted octanol–water partition coefficient (Wildman–Crippen LogP) is 2.99. The molecule has 0 fully saturated rings. The van der Waals surface area contributed by atoms with Crippen molar-refractivity contribution in [2.45, 2.75) is 19.9 Å². The lowest BCUT2D eigenvalue weighted by molar-refractivity contribution is 0.0939. The van der Waals surface area contributed by atoms with E-state index in [2.05, 4.69) is 15.3 Å². The second kappa shape index (κ2) is 5.46. The molecule has 18 heavy (non-hydrogen) atoms. The Morgan fingerprint density at radius 2 is 2.33 bits per heavy atom. The van der Waals surface area contributed by atoms with Gasteiger partial charge >= 0.3 is 0 Å². The van der Waals surface area contributed by atoms with E-state index >= 15 is 0 Å². The van der Waals surface area contributed by atoms with Gasteiger partial charge in [0.15, 0.2) is 0 Å². The number of nitrogens with one attached hydrogen (secondary N) is 1. The van der Waals surface area contributed by atoms with Crippen LogP contribution in [0.2, 0.25) is 5.15 Å². The Hall–Kier alpha value is -1.46. The van der Waals surface area contributed by atoms with Crippen LogP contribution in [0.5, 0.6) is 0 Å². The van der Waals surface area contributed by atoms with E-state index in [0.29, 0.717) is 10.7 Å². The van der Waals surface area contributed by atoms with Crippen molar-refractivity contribution in [3.05, 3.63) is 45.1 Å². The third kappa shape index (κ3) is 3.05. The molecule has 0 saturated heterocycles. The van der Waals surface area contributed by atoms with Crippen molar-refractivity contribution in [2.75, 3.05) is 0 Å². The number of carbonyl (C=O) groups excluding carboxylic acids is 1. The molecule has 2 heterocycles. The molecule has 4 nitrogen and oxygen atoms in total. The van der Waals surface area contributed by atoms with Gasteiger partial charge < -0.3 is 5.32 Å². The van der Waals surface area contributed by atoms with E-state index in [1.807, 2.05) is 19.2 Å². The Morgan fingerprint density at radius 3 is 2.94 bits per heavy atom. The summed E-state index contributed by atoms with van der Waals surface area (Å²) < 4.78 is 0. The highest BCUT2D eigenvalue weighted by molar-refractivity contribution is 7.09. The first-order chi connectivity index (χ1) is 8.56. The molecule has 2 rings (SSSR count). The zero-order valence-electron chi connectivity index (χ0n) is 9.98. The van der Waals surface area contributed by atoms with E-state index in [9.17, 15) is 4.79 Å². The molecule has 2 aromatic heterocycles. The number of carbonyl (C=O) groups is 1. The van der Waals surface area contributed by atoms with Crippen LogP contribution < -0.4 is 5.32 Å². The van der Waals surface area contributed by atoms with E-state index in [1.165, 1.54) is 23.6 Å². The zero-order valence-corrected chi connectivity index (χ0v) is 11.5. The second-order valence-corrected chi connectivity index (χ2v) is 5.17. The van der Waals surface area contributed by atoms with Crippen molar-refractivity contribution in [2.24, 2.45) is 0 Å². The standard InChI is InChI=1S/C12H12ClN3OS/c1-7-6-18-12(15-7)8(2)16-11(17)9-3-4-14-10(13)5-9/h3-6,8H,1-2H3,(H,16,17). The number of halogens is 1. The predicted molar refractivity (Wildman–Crippen MR) is 72.0 cm³/mol. The summed E-state index contributed by atoms with van der Waals surface area (Å²) in [5, 5.41) is 6.03. The molecule has 1 atom stereocenters. The van der Waals surface area contributed by atoms with Gasteiger partial charge in [-0.05, 0) is 26.0 Å².